The van der Waals surface area contributed by atoms with Crippen LogP contribution in [0.1, 0.15) is 6.92 Å². The van der Waals surface area contributed by atoms with Crippen molar-refractivity contribution in [3.8, 4) is 5.75 Å². The van der Waals surface area contributed by atoms with Crippen LogP contribution < -0.4 is 4.74 Å². The summed E-state index contributed by atoms with van der Waals surface area (Å²) in [7, 11) is 1.64. The minimum absolute atomic E-state index is 0.525. The minimum atomic E-state index is 0.525. The van der Waals surface area contributed by atoms with Crippen LogP contribution in [-0.2, 0) is 4.74 Å². The fourth-order valence-corrected chi connectivity index (χ4v) is 2.08. The first-order valence-corrected chi connectivity index (χ1v) is 5.48. The Labute approximate surface area is 93.6 Å². The number of thiocarbonyl (C=S) groups is 1. The van der Waals surface area contributed by atoms with Gasteiger partial charge in [0.05, 0.1) is 18.6 Å². The van der Waals surface area contributed by atoms with E-state index in [9.17, 15) is 0 Å². The standard InChI is InChI=1S/C10H12O2S2/c1-3-12-10(13)14-9-7-5-4-6-8(9)11-2/h4-7H,3H2,1-2H3. The Kier molecular flexibility index (Phi) is 4.76. The largest absolute Gasteiger partial charge is 0.496 e. The molecule has 76 valence electrons. The number of thioether (sulfide) groups is 1. The molecule has 0 radical (unpaired) electrons. The molecule has 0 aliphatic carbocycles. The SMILES string of the molecule is CCOC(=S)Sc1ccccc1OC. The van der Waals surface area contributed by atoms with Crippen LogP contribution in [0.25, 0.3) is 0 Å². The van der Waals surface area contributed by atoms with Crippen molar-refractivity contribution in [1.29, 1.82) is 0 Å². The molecule has 0 saturated carbocycles. The highest BCUT2D eigenvalue weighted by Gasteiger charge is 2.05. The molecule has 1 aromatic carbocycles. The first-order valence-electron chi connectivity index (χ1n) is 4.25. The number of ether oxygens (including phenoxy) is 2. The second kappa shape index (κ2) is 5.88. The Balaban J connectivity index is 2.70. The van der Waals surface area contributed by atoms with Gasteiger partial charge in [0.2, 0.25) is 4.38 Å². The highest BCUT2D eigenvalue weighted by molar-refractivity contribution is 8.22. The lowest BCUT2D eigenvalue weighted by Gasteiger charge is -2.07. The summed E-state index contributed by atoms with van der Waals surface area (Å²) >= 11 is 6.43. The molecule has 1 aromatic rings. The third-order valence-electron chi connectivity index (χ3n) is 1.52. The predicted molar refractivity (Wildman–Crippen MR) is 63.1 cm³/mol. The molecule has 0 amide bonds. The average Bonchev–Trinajstić information content (AvgIpc) is 2.19. The van der Waals surface area contributed by atoms with Gasteiger partial charge in [0, 0.05) is 0 Å². The van der Waals surface area contributed by atoms with Gasteiger partial charge in [-0.2, -0.15) is 0 Å². The Bertz CT molecular complexity index is 313. The van der Waals surface area contributed by atoms with Gasteiger partial charge in [-0.05, 0) is 43.0 Å². The lowest BCUT2D eigenvalue weighted by atomic mass is 10.3. The van der Waals surface area contributed by atoms with E-state index in [4.69, 9.17) is 21.7 Å². The summed E-state index contributed by atoms with van der Waals surface area (Å²) in [5.41, 5.74) is 0. The predicted octanol–water partition coefficient (Wildman–Crippen LogP) is 3.11. The van der Waals surface area contributed by atoms with Crippen molar-refractivity contribution in [3.05, 3.63) is 24.3 Å². The number of methoxy groups -OCH3 is 1. The van der Waals surface area contributed by atoms with Crippen LogP contribution in [0.3, 0.4) is 0 Å². The normalized spacial score (nSPS) is 9.57. The first kappa shape index (κ1) is 11.3. The molecule has 0 aliphatic heterocycles. The van der Waals surface area contributed by atoms with Crippen LogP contribution in [-0.4, -0.2) is 18.1 Å². The summed E-state index contributed by atoms with van der Waals surface area (Å²) in [5, 5.41) is 0. The number of hydrogen-bond donors (Lipinski definition) is 0. The summed E-state index contributed by atoms with van der Waals surface area (Å²) in [6.45, 7) is 2.51. The molecule has 4 heteroatoms. The lowest BCUT2D eigenvalue weighted by molar-refractivity contribution is 0.346. The van der Waals surface area contributed by atoms with E-state index in [2.05, 4.69) is 0 Å². The maximum Gasteiger partial charge on any atom is 0.224 e. The molecule has 0 heterocycles. The van der Waals surface area contributed by atoms with Crippen molar-refractivity contribution in [3.63, 3.8) is 0 Å². The molecule has 2 nitrogen and oxygen atoms in total. The van der Waals surface area contributed by atoms with Gasteiger partial charge in [-0.1, -0.05) is 12.1 Å². The maximum absolute atomic E-state index is 5.19. The zero-order chi connectivity index (χ0) is 10.4. The Morgan fingerprint density at radius 2 is 2.14 bits per heavy atom. The maximum atomic E-state index is 5.19. The van der Waals surface area contributed by atoms with E-state index in [0.29, 0.717) is 11.0 Å². The highest BCUT2D eigenvalue weighted by atomic mass is 32.2. The van der Waals surface area contributed by atoms with Crippen LogP contribution in [0.15, 0.2) is 29.2 Å². The van der Waals surface area contributed by atoms with Gasteiger partial charge in [0.15, 0.2) is 0 Å². The van der Waals surface area contributed by atoms with Gasteiger partial charge in [0.25, 0.3) is 0 Å². The summed E-state index contributed by atoms with van der Waals surface area (Å²) in [5.74, 6) is 0.819. The molecular formula is C10H12O2S2. The Morgan fingerprint density at radius 3 is 2.79 bits per heavy atom. The molecule has 0 spiro atoms. The van der Waals surface area contributed by atoms with Crippen molar-refractivity contribution in [2.75, 3.05) is 13.7 Å². The zero-order valence-electron chi connectivity index (χ0n) is 8.15. The Morgan fingerprint density at radius 1 is 1.43 bits per heavy atom. The summed E-state index contributed by atoms with van der Waals surface area (Å²) < 4.78 is 10.9. The van der Waals surface area contributed by atoms with Crippen molar-refractivity contribution >= 4 is 28.4 Å². The number of para-hydroxylation sites is 1. The molecule has 0 unspecified atom stereocenters. The van der Waals surface area contributed by atoms with Gasteiger partial charge < -0.3 is 9.47 Å². The molecule has 0 atom stereocenters. The lowest BCUT2D eigenvalue weighted by Crippen LogP contribution is -1.96. The molecule has 0 bridgehead atoms. The van der Waals surface area contributed by atoms with Gasteiger partial charge in [0.1, 0.15) is 5.75 Å². The molecule has 1 rings (SSSR count). The van der Waals surface area contributed by atoms with Crippen LogP contribution in [0.2, 0.25) is 0 Å². The molecule has 0 N–H and O–H groups in total. The summed E-state index contributed by atoms with van der Waals surface area (Å²) in [6.07, 6.45) is 0. The molecule has 14 heavy (non-hydrogen) atoms. The number of benzene rings is 1. The topological polar surface area (TPSA) is 18.5 Å². The summed E-state index contributed by atoms with van der Waals surface area (Å²) in [4.78, 5) is 0.980. The van der Waals surface area contributed by atoms with E-state index in [1.54, 1.807) is 7.11 Å². The number of hydrogen-bond acceptors (Lipinski definition) is 4. The second-order valence-electron chi connectivity index (χ2n) is 2.44. The zero-order valence-corrected chi connectivity index (χ0v) is 9.78. The molecule has 0 saturated heterocycles. The fraction of sp³-hybridized carbons (Fsp3) is 0.300. The summed E-state index contributed by atoms with van der Waals surface area (Å²) in [6, 6.07) is 7.72. The van der Waals surface area contributed by atoms with Crippen LogP contribution in [0.5, 0.6) is 5.75 Å². The van der Waals surface area contributed by atoms with Crippen LogP contribution >= 0.6 is 24.0 Å². The van der Waals surface area contributed by atoms with E-state index in [1.165, 1.54) is 11.8 Å². The second-order valence-corrected chi connectivity index (χ2v) is 4.08. The van der Waals surface area contributed by atoms with E-state index >= 15 is 0 Å². The molecule has 0 aromatic heterocycles. The van der Waals surface area contributed by atoms with Gasteiger partial charge in [-0.3, -0.25) is 0 Å². The van der Waals surface area contributed by atoms with E-state index in [-0.39, 0.29) is 0 Å². The highest BCUT2D eigenvalue weighted by Crippen LogP contribution is 2.29. The number of rotatable bonds is 3. The molecule has 0 fully saturated rings. The monoisotopic (exact) mass is 228 g/mol. The Hall–Kier alpha value is -0.740. The van der Waals surface area contributed by atoms with Gasteiger partial charge in [-0.15, -0.1) is 0 Å². The smallest absolute Gasteiger partial charge is 0.224 e. The molecule has 0 aliphatic rings. The van der Waals surface area contributed by atoms with Crippen molar-refractivity contribution in [2.24, 2.45) is 0 Å². The van der Waals surface area contributed by atoms with E-state index < -0.39 is 0 Å². The van der Waals surface area contributed by atoms with Gasteiger partial charge in [-0.25, -0.2) is 0 Å². The average molecular weight is 228 g/mol. The third-order valence-corrected chi connectivity index (χ3v) is 2.73. The minimum Gasteiger partial charge on any atom is -0.496 e. The van der Waals surface area contributed by atoms with Gasteiger partial charge >= 0.3 is 0 Å². The van der Waals surface area contributed by atoms with Crippen molar-refractivity contribution in [2.45, 2.75) is 11.8 Å². The van der Waals surface area contributed by atoms with Crippen LogP contribution in [0.4, 0.5) is 0 Å². The quantitative estimate of drug-likeness (QED) is 0.584. The first-order chi connectivity index (χ1) is 6.77. The molecular weight excluding hydrogens is 216 g/mol. The van der Waals surface area contributed by atoms with Crippen molar-refractivity contribution < 1.29 is 9.47 Å². The van der Waals surface area contributed by atoms with E-state index in [0.717, 1.165) is 10.6 Å². The third kappa shape index (κ3) is 3.20. The van der Waals surface area contributed by atoms with Crippen LogP contribution in [0, 0.1) is 0 Å². The van der Waals surface area contributed by atoms with Crippen molar-refractivity contribution in [1.82, 2.24) is 0 Å². The fourth-order valence-electron chi connectivity index (χ4n) is 0.940. The van der Waals surface area contributed by atoms with E-state index in [1.807, 2.05) is 31.2 Å².